The Hall–Kier alpha value is -3.58. The molecule has 0 bridgehead atoms. The van der Waals surface area contributed by atoms with Crippen LogP contribution in [0.15, 0.2) is 30.7 Å². The van der Waals surface area contributed by atoms with Crippen LogP contribution in [0.2, 0.25) is 0 Å². The average Bonchev–Trinajstić information content (AvgIpc) is 3.47. The Morgan fingerprint density at radius 1 is 1.02 bits per heavy atom. The number of amides is 2. The maximum atomic E-state index is 14.0. The molecular weight excluding hydrogens is 573 g/mol. The number of aromatic nitrogens is 5. The second-order valence-electron chi connectivity index (χ2n) is 12.2. The fourth-order valence-corrected chi connectivity index (χ4v) is 5.71. The van der Waals surface area contributed by atoms with Gasteiger partial charge in [0.2, 0.25) is 11.8 Å². The fraction of sp³-hybridized carbons (Fsp3) is 0.621. The summed E-state index contributed by atoms with van der Waals surface area (Å²) in [5, 5.41) is 14.4. The van der Waals surface area contributed by atoms with Crippen molar-refractivity contribution in [1.29, 1.82) is 0 Å². The highest BCUT2D eigenvalue weighted by molar-refractivity contribution is 5.92. The van der Waals surface area contributed by atoms with E-state index in [2.05, 4.69) is 20.8 Å². The normalized spacial score (nSPS) is 19.7. The lowest BCUT2D eigenvalue weighted by molar-refractivity contribution is -0.174. The van der Waals surface area contributed by atoms with Crippen LogP contribution in [0.4, 0.5) is 22.0 Å². The van der Waals surface area contributed by atoms with Crippen LogP contribution in [0.5, 0.6) is 0 Å². The molecule has 0 spiro atoms. The van der Waals surface area contributed by atoms with Gasteiger partial charge in [0.25, 0.3) is 5.91 Å². The van der Waals surface area contributed by atoms with Crippen LogP contribution in [0.3, 0.4) is 0 Å². The summed E-state index contributed by atoms with van der Waals surface area (Å²) < 4.78 is 70.2. The third kappa shape index (κ3) is 7.15. The van der Waals surface area contributed by atoms with Gasteiger partial charge in [0.05, 0.1) is 36.1 Å². The number of halogens is 5. The first-order chi connectivity index (χ1) is 20.2. The van der Waals surface area contributed by atoms with Crippen LogP contribution >= 0.6 is 0 Å². The minimum Gasteiger partial charge on any atom is -0.349 e. The van der Waals surface area contributed by atoms with E-state index in [4.69, 9.17) is 4.98 Å². The number of carbonyl (C=O) groups is 2. The van der Waals surface area contributed by atoms with E-state index in [0.717, 1.165) is 19.8 Å². The van der Waals surface area contributed by atoms with Crippen molar-refractivity contribution < 1.29 is 31.5 Å². The minimum atomic E-state index is -4.46. The van der Waals surface area contributed by atoms with E-state index < -0.39 is 48.3 Å². The zero-order valence-corrected chi connectivity index (χ0v) is 24.2. The van der Waals surface area contributed by atoms with Crippen LogP contribution in [-0.4, -0.2) is 48.3 Å². The maximum Gasteiger partial charge on any atom is 0.392 e. The number of imidazole rings is 1. The second-order valence-corrected chi connectivity index (χ2v) is 12.2. The molecule has 0 aliphatic heterocycles. The highest BCUT2D eigenvalue weighted by Gasteiger charge is 2.41. The summed E-state index contributed by atoms with van der Waals surface area (Å²) in [6.45, 7) is 4.76. The molecule has 234 valence electrons. The number of hydrogen-bond acceptors (Lipinski definition) is 5. The number of fused-ring (bicyclic) bond motifs is 1. The van der Waals surface area contributed by atoms with E-state index in [9.17, 15) is 31.5 Å². The molecule has 2 aliphatic carbocycles. The number of hydrogen-bond donors (Lipinski definition) is 2. The van der Waals surface area contributed by atoms with Gasteiger partial charge in [-0.25, -0.2) is 18.3 Å². The van der Waals surface area contributed by atoms with Crippen LogP contribution in [0, 0.1) is 17.8 Å². The molecule has 3 atom stereocenters. The average molecular weight is 610 g/mol. The molecular formula is C29H36F5N7O2. The molecule has 0 saturated heterocycles. The molecule has 1 unspecified atom stereocenters. The molecule has 14 heteroatoms. The molecule has 2 fully saturated rings. The first-order valence-corrected chi connectivity index (χ1v) is 14.7. The monoisotopic (exact) mass is 609 g/mol. The molecule has 3 heterocycles. The van der Waals surface area contributed by atoms with Crippen molar-refractivity contribution in [3.63, 3.8) is 0 Å². The molecule has 5 rings (SSSR count). The van der Waals surface area contributed by atoms with Gasteiger partial charge in [0, 0.05) is 31.5 Å². The predicted molar refractivity (Wildman–Crippen MR) is 146 cm³/mol. The van der Waals surface area contributed by atoms with Crippen molar-refractivity contribution in [2.45, 2.75) is 95.9 Å². The Labute approximate surface area is 245 Å². The highest BCUT2D eigenvalue weighted by atomic mass is 19.4. The Balaban J connectivity index is 1.41. The van der Waals surface area contributed by atoms with E-state index in [1.165, 1.54) is 10.7 Å². The Kier molecular flexibility index (Phi) is 8.50. The van der Waals surface area contributed by atoms with Gasteiger partial charge in [-0.3, -0.25) is 14.3 Å². The molecule has 3 aromatic rings. The molecule has 2 saturated carbocycles. The zero-order chi connectivity index (χ0) is 31.1. The Bertz CT molecular complexity index is 1450. The fourth-order valence-electron chi connectivity index (χ4n) is 5.71. The van der Waals surface area contributed by atoms with Gasteiger partial charge in [-0.05, 0) is 69.1 Å². The number of nitrogens with one attached hydrogen (secondary N) is 2. The number of nitrogens with zero attached hydrogens (tertiary/aromatic N) is 5. The highest BCUT2D eigenvalue weighted by Crippen LogP contribution is 2.43. The summed E-state index contributed by atoms with van der Waals surface area (Å²) in [7, 11) is 0. The smallest absolute Gasteiger partial charge is 0.349 e. The van der Waals surface area contributed by atoms with Crippen LogP contribution in [0.1, 0.15) is 106 Å². The standard InChI is InChI=1S/C29H36F5N7O2/c1-16(2)41-22(8-11-35-41)27(43)39-26(19-6-9-28(30,31)10-7-19)21-15-40-23(37-21)13-20(14-36-40)25(18-4-5-18)38-24(42)12-17(3)29(32,33)34/h8,11,13-19,25-26H,4-7,9-10,12H2,1-3H3,(H,38,42)(H,39,43)/t17-,25?,26+/m1/s1. The molecule has 2 aliphatic rings. The quantitative estimate of drug-likeness (QED) is 0.276. The minimum absolute atomic E-state index is 0.0723. The first kappa shape index (κ1) is 30.9. The van der Waals surface area contributed by atoms with E-state index in [1.54, 1.807) is 29.2 Å². The third-order valence-corrected chi connectivity index (χ3v) is 8.41. The van der Waals surface area contributed by atoms with Crippen molar-refractivity contribution >= 4 is 17.5 Å². The van der Waals surface area contributed by atoms with Crippen molar-refractivity contribution in [3.05, 3.63) is 47.7 Å². The first-order valence-electron chi connectivity index (χ1n) is 14.7. The van der Waals surface area contributed by atoms with Gasteiger partial charge in [-0.2, -0.15) is 23.4 Å². The molecule has 43 heavy (non-hydrogen) atoms. The van der Waals surface area contributed by atoms with Crippen LogP contribution in [0.25, 0.3) is 5.65 Å². The van der Waals surface area contributed by atoms with E-state index in [1.807, 2.05) is 13.8 Å². The molecule has 0 aromatic carbocycles. The second kappa shape index (κ2) is 11.8. The maximum absolute atomic E-state index is 14.0. The summed E-state index contributed by atoms with van der Waals surface area (Å²) in [4.78, 5) is 30.6. The van der Waals surface area contributed by atoms with Crippen molar-refractivity contribution in [1.82, 2.24) is 35.0 Å². The predicted octanol–water partition coefficient (Wildman–Crippen LogP) is 5.96. The van der Waals surface area contributed by atoms with Crippen molar-refractivity contribution in [2.75, 3.05) is 0 Å². The summed E-state index contributed by atoms with van der Waals surface area (Å²) in [6.07, 6.45) is 1.02. The lowest BCUT2D eigenvalue weighted by Gasteiger charge is -2.33. The SMILES string of the molecule is CC(C)n1nccc1C(=O)N[C@H](c1cn2ncc(C(NC(=O)C[C@@H](C)C(F)(F)F)C3CC3)cc2n1)C1CCC(F)(F)CC1. The summed E-state index contributed by atoms with van der Waals surface area (Å²) in [5.41, 5.74) is 1.81. The van der Waals surface area contributed by atoms with Gasteiger partial charge in [-0.15, -0.1) is 0 Å². The molecule has 3 aromatic heterocycles. The number of rotatable bonds is 10. The number of alkyl halides is 5. The van der Waals surface area contributed by atoms with Gasteiger partial charge in [-0.1, -0.05) is 6.92 Å². The number of carbonyl (C=O) groups excluding carboxylic acids is 2. The third-order valence-electron chi connectivity index (χ3n) is 8.41. The molecule has 2 amide bonds. The van der Waals surface area contributed by atoms with Gasteiger partial charge >= 0.3 is 6.18 Å². The lowest BCUT2D eigenvalue weighted by Crippen LogP contribution is -2.38. The van der Waals surface area contributed by atoms with Crippen molar-refractivity contribution in [3.8, 4) is 0 Å². The summed E-state index contributed by atoms with van der Waals surface area (Å²) in [5.74, 6) is -5.83. The molecule has 2 N–H and O–H groups in total. The Morgan fingerprint density at radius 3 is 2.33 bits per heavy atom. The lowest BCUT2D eigenvalue weighted by atomic mass is 9.81. The Morgan fingerprint density at radius 2 is 1.70 bits per heavy atom. The zero-order valence-electron chi connectivity index (χ0n) is 24.2. The van der Waals surface area contributed by atoms with E-state index in [0.29, 0.717) is 22.6 Å². The largest absolute Gasteiger partial charge is 0.392 e. The van der Waals surface area contributed by atoms with Gasteiger partial charge < -0.3 is 10.6 Å². The summed E-state index contributed by atoms with van der Waals surface area (Å²) >= 11 is 0. The van der Waals surface area contributed by atoms with E-state index in [-0.39, 0.29) is 43.6 Å². The van der Waals surface area contributed by atoms with Gasteiger partial charge in [0.1, 0.15) is 5.69 Å². The van der Waals surface area contributed by atoms with Crippen LogP contribution < -0.4 is 10.6 Å². The van der Waals surface area contributed by atoms with E-state index >= 15 is 0 Å². The molecule has 0 radical (unpaired) electrons. The van der Waals surface area contributed by atoms with Crippen molar-refractivity contribution in [2.24, 2.45) is 17.8 Å². The molecule has 9 nitrogen and oxygen atoms in total. The topological polar surface area (TPSA) is 106 Å². The van der Waals surface area contributed by atoms with Gasteiger partial charge in [0.15, 0.2) is 5.65 Å². The van der Waals surface area contributed by atoms with Crippen LogP contribution in [-0.2, 0) is 4.79 Å². The summed E-state index contributed by atoms with van der Waals surface area (Å²) in [6, 6.07) is 2.05.